The molecule has 1 amide bonds. The Kier molecular flexibility index (Phi) is 3.49. The molecule has 0 bridgehead atoms. The molecule has 0 spiro atoms. The largest absolute Gasteiger partial charge is 0.415 e. The summed E-state index contributed by atoms with van der Waals surface area (Å²) >= 11 is 0. The van der Waals surface area contributed by atoms with Gasteiger partial charge in [-0.15, -0.1) is 0 Å². The van der Waals surface area contributed by atoms with Crippen molar-refractivity contribution in [2.75, 3.05) is 20.7 Å². The topological polar surface area (TPSA) is 59.0 Å². The number of carbonyl (C=O) groups is 1. The molecule has 1 aliphatic heterocycles. The van der Waals surface area contributed by atoms with Crippen LogP contribution in [0.3, 0.4) is 0 Å². The second-order valence-corrected chi connectivity index (χ2v) is 4.20. The molecule has 1 aliphatic rings. The highest BCUT2D eigenvalue weighted by Crippen LogP contribution is 2.35. The van der Waals surface area contributed by atoms with E-state index < -0.39 is 24.3 Å². The van der Waals surface area contributed by atoms with E-state index in [0.717, 1.165) is 0 Å². The van der Waals surface area contributed by atoms with Crippen molar-refractivity contribution in [2.24, 2.45) is 0 Å². The van der Waals surface area contributed by atoms with Crippen LogP contribution in [0.25, 0.3) is 0 Å². The molecule has 2 unspecified atom stereocenters. The molecule has 1 aromatic rings. The molecule has 0 aliphatic carbocycles. The highest BCUT2D eigenvalue weighted by atomic mass is 19.1. The Morgan fingerprint density at radius 1 is 1.56 bits per heavy atom. The maximum atomic E-state index is 13.8. The average molecular weight is 255 g/mol. The quantitative estimate of drug-likeness (QED) is 0.827. The summed E-state index contributed by atoms with van der Waals surface area (Å²) in [4.78, 5) is 12.7. The van der Waals surface area contributed by atoms with Gasteiger partial charge in [0.15, 0.2) is 0 Å². The lowest BCUT2D eigenvalue weighted by Crippen LogP contribution is -2.30. The number of hydrogen-bond donors (Lipinski definition) is 1. The van der Waals surface area contributed by atoms with Gasteiger partial charge in [0.25, 0.3) is 0 Å². The molecule has 0 radical (unpaired) electrons. The summed E-state index contributed by atoms with van der Waals surface area (Å²) < 4.78 is 23.9. The van der Waals surface area contributed by atoms with Gasteiger partial charge in [-0.2, -0.15) is 0 Å². The number of rotatable bonds is 1. The summed E-state index contributed by atoms with van der Waals surface area (Å²) in [5.41, 5.74) is 0.462. The predicted molar refractivity (Wildman–Crippen MR) is 60.2 cm³/mol. The molecule has 6 heteroatoms. The normalized spacial score (nSPS) is 22.2. The summed E-state index contributed by atoms with van der Waals surface area (Å²) in [5.74, 6) is -0.567. The lowest BCUT2D eigenvalue weighted by molar-refractivity contribution is -0.148. The van der Waals surface area contributed by atoms with E-state index >= 15 is 0 Å². The van der Waals surface area contributed by atoms with E-state index in [0.29, 0.717) is 5.56 Å². The fourth-order valence-corrected chi connectivity index (χ4v) is 1.73. The molecular weight excluding hydrogens is 241 g/mol. The summed E-state index contributed by atoms with van der Waals surface area (Å²) in [6.07, 6.45) is -2.67. The molecule has 1 N–H and O–H groups in total. The number of aliphatic hydroxyl groups is 1. The van der Waals surface area contributed by atoms with Gasteiger partial charge >= 0.3 is 6.09 Å². The number of amides is 1. The first-order valence-electron chi connectivity index (χ1n) is 5.46. The van der Waals surface area contributed by atoms with Crippen LogP contribution in [-0.4, -0.2) is 36.8 Å². The zero-order valence-corrected chi connectivity index (χ0v) is 10.1. The fourth-order valence-electron chi connectivity index (χ4n) is 1.73. The number of benzene rings is 1. The smallest absolute Gasteiger partial charge is 0.411 e. The van der Waals surface area contributed by atoms with Crippen LogP contribution in [0.2, 0.25) is 0 Å². The molecule has 2 rings (SSSR count). The fraction of sp³-hybridized carbons (Fsp3) is 0.417. The molecule has 18 heavy (non-hydrogen) atoms. The van der Waals surface area contributed by atoms with E-state index in [9.17, 15) is 14.3 Å². The summed E-state index contributed by atoms with van der Waals surface area (Å²) in [7, 11) is 3.03. The Morgan fingerprint density at radius 2 is 2.28 bits per heavy atom. The SMILES string of the molecule is CN(C)C(=O)OC1OCC(O)c2cccc(F)c21. The van der Waals surface area contributed by atoms with Gasteiger partial charge in [-0.1, -0.05) is 12.1 Å². The number of aliphatic hydroxyl groups excluding tert-OH is 1. The number of fused-ring (bicyclic) bond motifs is 1. The lowest BCUT2D eigenvalue weighted by Gasteiger charge is -2.29. The van der Waals surface area contributed by atoms with E-state index in [1.165, 1.54) is 31.1 Å². The number of halogens is 1. The Labute approximate surface area is 104 Å². The number of ether oxygens (including phenoxy) is 2. The first-order valence-corrected chi connectivity index (χ1v) is 5.46. The van der Waals surface area contributed by atoms with E-state index in [4.69, 9.17) is 9.47 Å². The van der Waals surface area contributed by atoms with Crippen molar-refractivity contribution in [2.45, 2.75) is 12.4 Å². The van der Waals surface area contributed by atoms with Gasteiger partial charge in [0.2, 0.25) is 6.29 Å². The Morgan fingerprint density at radius 3 is 2.94 bits per heavy atom. The van der Waals surface area contributed by atoms with E-state index in [1.807, 2.05) is 0 Å². The first-order chi connectivity index (χ1) is 8.50. The molecule has 1 aromatic carbocycles. The average Bonchev–Trinajstić information content (AvgIpc) is 2.33. The van der Waals surface area contributed by atoms with Crippen LogP contribution in [0.1, 0.15) is 23.5 Å². The molecule has 2 atom stereocenters. The molecular formula is C12H14FNO4. The third-order valence-corrected chi connectivity index (χ3v) is 2.66. The molecule has 0 saturated heterocycles. The Hall–Kier alpha value is -1.66. The van der Waals surface area contributed by atoms with Crippen LogP contribution in [0.5, 0.6) is 0 Å². The van der Waals surface area contributed by atoms with Crippen molar-refractivity contribution in [3.63, 3.8) is 0 Å². The Balaban J connectivity index is 2.31. The zero-order valence-electron chi connectivity index (χ0n) is 10.1. The van der Waals surface area contributed by atoms with Crippen molar-refractivity contribution < 1.29 is 23.8 Å². The second-order valence-electron chi connectivity index (χ2n) is 4.20. The van der Waals surface area contributed by atoms with E-state index in [-0.39, 0.29) is 12.2 Å². The lowest BCUT2D eigenvalue weighted by atomic mass is 9.99. The highest BCUT2D eigenvalue weighted by Gasteiger charge is 2.32. The van der Waals surface area contributed by atoms with Gasteiger partial charge in [-0.05, 0) is 11.6 Å². The molecule has 5 nitrogen and oxygen atoms in total. The van der Waals surface area contributed by atoms with Gasteiger partial charge in [0.1, 0.15) is 11.9 Å². The molecule has 0 fully saturated rings. The summed E-state index contributed by atoms with van der Waals surface area (Å²) in [6.45, 7) is -0.0399. The van der Waals surface area contributed by atoms with Gasteiger partial charge < -0.3 is 19.5 Å². The third-order valence-electron chi connectivity index (χ3n) is 2.66. The standard InChI is InChI=1S/C12H14FNO4/c1-14(2)12(16)18-11-10-7(9(15)6-17-11)4-3-5-8(10)13/h3-5,9,11,15H,6H2,1-2H3. The van der Waals surface area contributed by atoms with Gasteiger partial charge in [0, 0.05) is 14.1 Å². The van der Waals surface area contributed by atoms with Crippen LogP contribution < -0.4 is 0 Å². The zero-order chi connectivity index (χ0) is 13.3. The van der Waals surface area contributed by atoms with Crippen molar-refractivity contribution in [3.05, 3.63) is 35.1 Å². The van der Waals surface area contributed by atoms with Crippen LogP contribution in [0, 0.1) is 5.82 Å². The molecule has 0 saturated carbocycles. The maximum Gasteiger partial charge on any atom is 0.411 e. The number of hydrogen-bond acceptors (Lipinski definition) is 4. The van der Waals surface area contributed by atoms with E-state index in [1.54, 1.807) is 6.07 Å². The van der Waals surface area contributed by atoms with Gasteiger partial charge in [-0.3, -0.25) is 0 Å². The monoisotopic (exact) mass is 255 g/mol. The summed E-state index contributed by atoms with van der Waals surface area (Å²) in [5, 5.41) is 9.70. The Bertz CT molecular complexity index is 463. The number of nitrogens with zero attached hydrogens (tertiary/aromatic N) is 1. The van der Waals surface area contributed by atoms with Crippen LogP contribution >= 0.6 is 0 Å². The second kappa shape index (κ2) is 4.91. The number of carbonyl (C=O) groups excluding carboxylic acids is 1. The van der Waals surface area contributed by atoms with Crippen molar-refractivity contribution >= 4 is 6.09 Å². The highest BCUT2D eigenvalue weighted by molar-refractivity contribution is 5.67. The minimum atomic E-state index is -1.13. The summed E-state index contributed by atoms with van der Waals surface area (Å²) in [6, 6.07) is 4.31. The molecule has 1 heterocycles. The molecule has 98 valence electrons. The minimum absolute atomic E-state index is 0.0399. The maximum absolute atomic E-state index is 13.8. The van der Waals surface area contributed by atoms with Crippen molar-refractivity contribution in [1.29, 1.82) is 0 Å². The minimum Gasteiger partial charge on any atom is -0.415 e. The van der Waals surface area contributed by atoms with Crippen LogP contribution in [-0.2, 0) is 9.47 Å². The predicted octanol–water partition coefficient (Wildman–Crippen LogP) is 1.59. The van der Waals surface area contributed by atoms with Crippen molar-refractivity contribution in [3.8, 4) is 0 Å². The van der Waals surface area contributed by atoms with Crippen LogP contribution in [0.4, 0.5) is 9.18 Å². The van der Waals surface area contributed by atoms with Crippen molar-refractivity contribution in [1.82, 2.24) is 4.90 Å². The van der Waals surface area contributed by atoms with Gasteiger partial charge in [-0.25, -0.2) is 9.18 Å². The van der Waals surface area contributed by atoms with Gasteiger partial charge in [0.05, 0.1) is 12.2 Å². The molecule has 0 aromatic heterocycles. The van der Waals surface area contributed by atoms with E-state index in [2.05, 4.69) is 0 Å². The van der Waals surface area contributed by atoms with Crippen LogP contribution in [0.15, 0.2) is 18.2 Å². The third kappa shape index (κ3) is 2.30. The first kappa shape index (κ1) is 12.8.